The Kier molecular flexibility index (Phi) is 4.27. The Morgan fingerprint density at radius 2 is 1.78 bits per heavy atom. The zero-order chi connectivity index (χ0) is 15.8. The minimum atomic E-state index is 0.745. The number of likely N-dealkylation sites (tertiary alicyclic amines) is 1. The molecular weight excluding hydrogens is 324 g/mol. The minimum absolute atomic E-state index is 0.745. The molecule has 2 aromatic carbocycles. The fourth-order valence-corrected chi connectivity index (χ4v) is 4.74. The van der Waals surface area contributed by atoms with Crippen molar-refractivity contribution in [3.63, 3.8) is 0 Å². The van der Waals surface area contributed by atoms with E-state index < -0.39 is 0 Å². The summed E-state index contributed by atoms with van der Waals surface area (Å²) in [4.78, 5) is 7.57. The molecule has 2 heterocycles. The van der Waals surface area contributed by atoms with Crippen LogP contribution in [0.5, 0.6) is 0 Å². The molecule has 0 amide bonds. The fraction of sp³-hybridized carbons (Fsp3) is 0.368. The van der Waals surface area contributed by atoms with Crippen LogP contribution in [0.1, 0.15) is 12.8 Å². The smallest absolute Gasteiger partial charge is 0.0567 e. The molecule has 2 aromatic rings. The Balaban J connectivity index is 1.68. The minimum Gasteiger partial charge on any atom is -0.339 e. The second kappa shape index (κ2) is 6.39. The maximum absolute atomic E-state index is 6.29. The van der Waals surface area contributed by atoms with Crippen LogP contribution in [0, 0.1) is 5.92 Å². The van der Waals surface area contributed by atoms with E-state index in [0.717, 1.165) is 17.5 Å². The number of para-hydroxylation sites is 1. The first-order chi connectivity index (χ1) is 11.2. The van der Waals surface area contributed by atoms with Crippen molar-refractivity contribution < 1.29 is 0 Å². The number of halogens is 1. The van der Waals surface area contributed by atoms with Crippen molar-refractivity contribution in [2.75, 3.05) is 31.6 Å². The quantitative estimate of drug-likeness (QED) is 0.731. The molecule has 4 heteroatoms. The lowest BCUT2D eigenvalue weighted by molar-refractivity contribution is 0.223. The number of hydrogen-bond acceptors (Lipinski definition) is 3. The van der Waals surface area contributed by atoms with Gasteiger partial charge in [-0.25, -0.2) is 0 Å². The van der Waals surface area contributed by atoms with Crippen molar-refractivity contribution >= 4 is 34.7 Å². The van der Waals surface area contributed by atoms with Crippen LogP contribution in [0.3, 0.4) is 0 Å². The summed E-state index contributed by atoms with van der Waals surface area (Å²) in [5, 5.41) is 0.817. The first-order valence-corrected chi connectivity index (χ1v) is 9.42. The van der Waals surface area contributed by atoms with Crippen molar-refractivity contribution in [2.24, 2.45) is 5.92 Å². The van der Waals surface area contributed by atoms with Gasteiger partial charge in [-0.3, -0.25) is 0 Å². The molecule has 2 aliphatic heterocycles. The SMILES string of the molecule is CN1CCC(CN2c3ccccc3Sc3ccc(Cl)cc32)CC1. The van der Waals surface area contributed by atoms with Crippen molar-refractivity contribution in [1.82, 2.24) is 4.90 Å². The largest absolute Gasteiger partial charge is 0.339 e. The Bertz CT molecular complexity index is 710. The molecule has 0 radical (unpaired) electrons. The molecule has 0 saturated carbocycles. The number of anilines is 2. The first kappa shape index (κ1) is 15.4. The van der Waals surface area contributed by atoms with Gasteiger partial charge in [-0.05, 0) is 69.2 Å². The van der Waals surface area contributed by atoms with Gasteiger partial charge in [0.15, 0.2) is 0 Å². The molecule has 0 aliphatic carbocycles. The highest BCUT2D eigenvalue weighted by Gasteiger charge is 2.27. The summed E-state index contributed by atoms with van der Waals surface area (Å²) in [5.41, 5.74) is 2.59. The van der Waals surface area contributed by atoms with Crippen molar-refractivity contribution in [3.8, 4) is 0 Å². The molecule has 1 saturated heterocycles. The van der Waals surface area contributed by atoms with E-state index in [4.69, 9.17) is 11.6 Å². The molecule has 0 N–H and O–H groups in total. The maximum atomic E-state index is 6.29. The fourth-order valence-electron chi connectivity index (χ4n) is 3.50. The molecule has 0 spiro atoms. The molecule has 120 valence electrons. The topological polar surface area (TPSA) is 6.48 Å². The first-order valence-electron chi connectivity index (χ1n) is 8.23. The Labute approximate surface area is 147 Å². The second-order valence-electron chi connectivity index (χ2n) is 6.54. The number of hydrogen-bond donors (Lipinski definition) is 0. The van der Waals surface area contributed by atoms with Crippen LogP contribution >= 0.6 is 23.4 Å². The lowest BCUT2D eigenvalue weighted by atomic mass is 9.96. The highest BCUT2D eigenvalue weighted by Crippen LogP contribution is 2.49. The Morgan fingerprint density at radius 1 is 1.04 bits per heavy atom. The third kappa shape index (κ3) is 3.10. The van der Waals surface area contributed by atoms with Crippen LogP contribution in [-0.4, -0.2) is 31.6 Å². The molecule has 23 heavy (non-hydrogen) atoms. The molecule has 4 rings (SSSR count). The summed E-state index contributed by atoms with van der Waals surface area (Å²) < 4.78 is 0. The van der Waals surface area contributed by atoms with E-state index in [0.29, 0.717) is 0 Å². The van der Waals surface area contributed by atoms with Crippen LogP contribution in [-0.2, 0) is 0 Å². The van der Waals surface area contributed by atoms with Crippen molar-refractivity contribution in [3.05, 3.63) is 47.5 Å². The third-order valence-corrected chi connectivity index (χ3v) is 6.23. The molecule has 0 aromatic heterocycles. The van der Waals surface area contributed by atoms with Gasteiger partial charge in [-0.2, -0.15) is 0 Å². The van der Waals surface area contributed by atoms with E-state index in [1.54, 1.807) is 0 Å². The van der Waals surface area contributed by atoms with E-state index in [1.165, 1.54) is 47.1 Å². The molecule has 0 unspecified atom stereocenters. The van der Waals surface area contributed by atoms with Gasteiger partial charge in [0, 0.05) is 21.4 Å². The third-order valence-electron chi connectivity index (χ3n) is 4.87. The van der Waals surface area contributed by atoms with E-state index in [9.17, 15) is 0 Å². The zero-order valence-corrected chi connectivity index (χ0v) is 14.9. The van der Waals surface area contributed by atoms with E-state index in [1.807, 2.05) is 17.8 Å². The predicted octanol–water partition coefficient (Wildman–Crippen LogP) is 5.28. The lowest BCUT2D eigenvalue weighted by Gasteiger charge is -2.37. The van der Waals surface area contributed by atoms with Gasteiger partial charge < -0.3 is 9.80 Å². The Hall–Kier alpha value is -1.16. The van der Waals surface area contributed by atoms with E-state index in [2.05, 4.69) is 53.2 Å². The number of benzene rings is 2. The zero-order valence-electron chi connectivity index (χ0n) is 13.3. The highest BCUT2D eigenvalue weighted by molar-refractivity contribution is 7.99. The summed E-state index contributed by atoms with van der Waals surface area (Å²) in [7, 11) is 2.22. The maximum Gasteiger partial charge on any atom is 0.0567 e. The van der Waals surface area contributed by atoms with Crippen LogP contribution in [0.4, 0.5) is 11.4 Å². The van der Waals surface area contributed by atoms with Crippen LogP contribution in [0.25, 0.3) is 0 Å². The normalized spacial score (nSPS) is 18.6. The standard InChI is InChI=1S/C19H21ClN2S/c1-21-10-8-14(9-11-21)13-22-16-4-2-3-5-18(16)23-19-7-6-15(20)12-17(19)22/h2-7,12,14H,8-11,13H2,1H3. The van der Waals surface area contributed by atoms with Gasteiger partial charge in [0.2, 0.25) is 0 Å². The van der Waals surface area contributed by atoms with Gasteiger partial charge in [0.25, 0.3) is 0 Å². The second-order valence-corrected chi connectivity index (χ2v) is 8.06. The summed E-state index contributed by atoms with van der Waals surface area (Å²) in [5.74, 6) is 0.745. The molecule has 2 nitrogen and oxygen atoms in total. The Morgan fingerprint density at radius 3 is 2.61 bits per heavy atom. The van der Waals surface area contributed by atoms with Gasteiger partial charge in [-0.1, -0.05) is 35.5 Å². The summed E-state index contributed by atoms with van der Waals surface area (Å²) in [6, 6.07) is 15.0. The average Bonchev–Trinajstić information content (AvgIpc) is 2.57. The van der Waals surface area contributed by atoms with Crippen LogP contribution in [0.2, 0.25) is 5.02 Å². The summed E-state index contributed by atoms with van der Waals surface area (Å²) >= 11 is 8.14. The molecular formula is C19H21ClN2S. The van der Waals surface area contributed by atoms with Gasteiger partial charge in [-0.15, -0.1) is 0 Å². The monoisotopic (exact) mass is 344 g/mol. The molecule has 0 atom stereocenters. The summed E-state index contributed by atoms with van der Waals surface area (Å²) in [6.45, 7) is 3.49. The van der Waals surface area contributed by atoms with Gasteiger partial charge in [0.1, 0.15) is 0 Å². The van der Waals surface area contributed by atoms with E-state index in [-0.39, 0.29) is 0 Å². The van der Waals surface area contributed by atoms with Crippen LogP contribution < -0.4 is 4.90 Å². The van der Waals surface area contributed by atoms with Gasteiger partial charge >= 0.3 is 0 Å². The van der Waals surface area contributed by atoms with E-state index >= 15 is 0 Å². The molecule has 2 aliphatic rings. The number of rotatable bonds is 2. The predicted molar refractivity (Wildman–Crippen MR) is 99.2 cm³/mol. The summed E-state index contributed by atoms with van der Waals surface area (Å²) in [6.07, 6.45) is 2.55. The van der Waals surface area contributed by atoms with Gasteiger partial charge in [0.05, 0.1) is 11.4 Å². The molecule has 0 bridgehead atoms. The van der Waals surface area contributed by atoms with Crippen LogP contribution in [0.15, 0.2) is 52.3 Å². The molecule has 1 fully saturated rings. The van der Waals surface area contributed by atoms with Crippen molar-refractivity contribution in [2.45, 2.75) is 22.6 Å². The average molecular weight is 345 g/mol. The highest BCUT2D eigenvalue weighted by atomic mass is 35.5. The lowest BCUT2D eigenvalue weighted by Crippen LogP contribution is -2.36. The van der Waals surface area contributed by atoms with Crippen molar-refractivity contribution in [1.29, 1.82) is 0 Å². The number of fused-ring (bicyclic) bond motifs is 2. The number of nitrogens with zero attached hydrogens (tertiary/aromatic N) is 2. The number of piperidine rings is 1.